The number of hydrogen-bond acceptors (Lipinski definition) is 2. The Morgan fingerprint density at radius 2 is 2.24 bits per heavy atom. The van der Waals surface area contributed by atoms with Crippen molar-refractivity contribution in [2.75, 3.05) is 12.3 Å². The predicted octanol–water partition coefficient (Wildman–Crippen LogP) is 3.24. The van der Waals surface area contributed by atoms with E-state index in [1.54, 1.807) is 6.07 Å². The Balaban J connectivity index is 1.77. The van der Waals surface area contributed by atoms with Crippen LogP contribution in [0.25, 0.3) is 0 Å². The van der Waals surface area contributed by atoms with Crippen molar-refractivity contribution in [3.8, 4) is 0 Å². The van der Waals surface area contributed by atoms with Crippen LogP contribution in [0.5, 0.6) is 0 Å². The maximum Gasteiger partial charge on any atom is 0.126 e. The Labute approximate surface area is 107 Å². The minimum atomic E-state index is -0.0830. The number of benzene rings is 1. The lowest BCUT2D eigenvalue weighted by atomic mass is 10.1. The van der Waals surface area contributed by atoms with Crippen molar-refractivity contribution >= 4 is 11.8 Å². The summed E-state index contributed by atoms with van der Waals surface area (Å²) in [5.74, 6) is 1.20. The molecule has 94 valence electrons. The highest BCUT2D eigenvalue weighted by atomic mass is 32.2. The summed E-state index contributed by atoms with van der Waals surface area (Å²) in [7, 11) is 0. The van der Waals surface area contributed by atoms with Crippen LogP contribution in [-0.2, 0) is 6.42 Å². The first-order valence-electron chi connectivity index (χ1n) is 6.36. The van der Waals surface area contributed by atoms with Crippen LogP contribution < -0.4 is 5.32 Å². The van der Waals surface area contributed by atoms with E-state index in [1.165, 1.54) is 24.7 Å². The highest BCUT2D eigenvalue weighted by Gasteiger charge is 2.20. The zero-order valence-electron chi connectivity index (χ0n) is 10.3. The fourth-order valence-electron chi connectivity index (χ4n) is 2.28. The van der Waals surface area contributed by atoms with E-state index in [4.69, 9.17) is 0 Å². The molecule has 2 atom stereocenters. The summed E-state index contributed by atoms with van der Waals surface area (Å²) in [5, 5.41) is 4.24. The summed E-state index contributed by atoms with van der Waals surface area (Å²) in [4.78, 5) is 0. The zero-order valence-corrected chi connectivity index (χ0v) is 11.1. The molecular weight excluding hydrogens is 233 g/mol. The normalized spacial score (nSPS) is 24.8. The molecule has 1 aliphatic rings. The summed E-state index contributed by atoms with van der Waals surface area (Å²) in [6, 6.07) is 7.65. The van der Waals surface area contributed by atoms with Crippen LogP contribution in [0.2, 0.25) is 0 Å². The molecule has 0 bridgehead atoms. The Morgan fingerprint density at radius 3 is 3.00 bits per heavy atom. The fourth-order valence-corrected chi connectivity index (χ4v) is 3.45. The maximum atomic E-state index is 13.4. The smallest absolute Gasteiger partial charge is 0.126 e. The van der Waals surface area contributed by atoms with Crippen LogP contribution in [0.3, 0.4) is 0 Å². The Morgan fingerprint density at radius 1 is 1.41 bits per heavy atom. The van der Waals surface area contributed by atoms with Gasteiger partial charge in [0.15, 0.2) is 0 Å². The summed E-state index contributed by atoms with van der Waals surface area (Å²) < 4.78 is 13.4. The van der Waals surface area contributed by atoms with Gasteiger partial charge in [0.05, 0.1) is 0 Å². The van der Waals surface area contributed by atoms with Crippen molar-refractivity contribution in [1.29, 1.82) is 0 Å². The largest absolute Gasteiger partial charge is 0.313 e. The van der Waals surface area contributed by atoms with Crippen molar-refractivity contribution in [3.05, 3.63) is 35.6 Å². The number of nitrogens with one attached hydrogen (secondary N) is 1. The second-order valence-electron chi connectivity index (χ2n) is 4.62. The lowest BCUT2D eigenvalue weighted by molar-refractivity contribution is 0.463. The third-order valence-corrected chi connectivity index (χ3v) is 4.74. The lowest BCUT2D eigenvalue weighted by Gasteiger charge is -2.29. The van der Waals surface area contributed by atoms with E-state index < -0.39 is 0 Å². The molecule has 1 nitrogen and oxygen atoms in total. The lowest BCUT2D eigenvalue weighted by Crippen LogP contribution is -2.40. The van der Waals surface area contributed by atoms with Crippen molar-refractivity contribution in [1.82, 2.24) is 5.32 Å². The third-order valence-electron chi connectivity index (χ3n) is 3.37. The Hall–Kier alpha value is -0.540. The minimum absolute atomic E-state index is 0.0830. The average molecular weight is 253 g/mol. The van der Waals surface area contributed by atoms with Crippen molar-refractivity contribution in [2.24, 2.45) is 0 Å². The summed E-state index contributed by atoms with van der Waals surface area (Å²) in [5.41, 5.74) is 0.816. The van der Waals surface area contributed by atoms with Gasteiger partial charge in [0, 0.05) is 11.3 Å². The molecule has 0 aromatic heterocycles. The highest BCUT2D eigenvalue weighted by molar-refractivity contribution is 7.99. The van der Waals surface area contributed by atoms with E-state index in [0.717, 1.165) is 18.5 Å². The fraction of sp³-hybridized carbons (Fsp3) is 0.571. The molecular formula is C14H20FNS. The first-order valence-corrected chi connectivity index (χ1v) is 7.40. The molecule has 0 saturated carbocycles. The quantitative estimate of drug-likeness (QED) is 0.884. The second-order valence-corrected chi connectivity index (χ2v) is 6.11. The molecule has 2 unspecified atom stereocenters. The molecule has 2 rings (SSSR count). The molecule has 1 saturated heterocycles. The van der Waals surface area contributed by atoms with Gasteiger partial charge in [-0.1, -0.05) is 25.1 Å². The SMILES string of the molecule is CC1SCCCC1NCCc1ccccc1F. The van der Waals surface area contributed by atoms with Crippen molar-refractivity contribution < 1.29 is 4.39 Å². The monoisotopic (exact) mass is 253 g/mol. The Kier molecular flexibility index (Phi) is 4.86. The molecule has 0 spiro atoms. The van der Waals surface area contributed by atoms with Gasteiger partial charge < -0.3 is 5.32 Å². The topological polar surface area (TPSA) is 12.0 Å². The second kappa shape index (κ2) is 6.41. The van der Waals surface area contributed by atoms with Gasteiger partial charge in [0.1, 0.15) is 5.82 Å². The van der Waals surface area contributed by atoms with Gasteiger partial charge in [0.2, 0.25) is 0 Å². The molecule has 1 aromatic carbocycles. The van der Waals surface area contributed by atoms with E-state index >= 15 is 0 Å². The van der Waals surface area contributed by atoms with Gasteiger partial charge in [-0.3, -0.25) is 0 Å². The molecule has 0 radical (unpaired) electrons. The molecule has 0 amide bonds. The van der Waals surface area contributed by atoms with Gasteiger partial charge in [-0.25, -0.2) is 4.39 Å². The van der Waals surface area contributed by atoms with E-state index in [-0.39, 0.29) is 5.82 Å². The number of thioether (sulfide) groups is 1. The summed E-state index contributed by atoms with van der Waals surface area (Å²) >= 11 is 2.04. The number of hydrogen-bond donors (Lipinski definition) is 1. The van der Waals surface area contributed by atoms with Gasteiger partial charge in [-0.05, 0) is 43.2 Å². The standard InChI is InChI=1S/C14H20FNS/c1-11-14(7-4-10-17-11)16-9-8-12-5-2-3-6-13(12)15/h2-3,5-6,11,14,16H,4,7-10H2,1H3. The van der Waals surface area contributed by atoms with Crippen LogP contribution >= 0.6 is 11.8 Å². The van der Waals surface area contributed by atoms with Crippen LogP contribution in [0.1, 0.15) is 25.3 Å². The van der Waals surface area contributed by atoms with E-state index in [0.29, 0.717) is 11.3 Å². The predicted molar refractivity (Wildman–Crippen MR) is 73.0 cm³/mol. The van der Waals surface area contributed by atoms with Gasteiger partial charge >= 0.3 is 0 Å². The van der Waals surface area contributed by atoms with E-state index in [1.807, 2.05) is 23.9 Å². The first-order chi connectivity index (χ1) is 8.27. The molecule has 0 aliphatic carbocycles. The molecule has 1 fully saturated rings. The summed E-state index contributed by atoms with van der Waals surface area (Å²) in [6.45, 7) is 3.15. The van der Waals surface area contributed by atoms with Gasteiger partial charge in [-0.2, -0.15) is 11.8 Å². The molecule has 1 N–H and O–H groups in total. The number of halogens is 1. The van der Waals surface area contributed by atoms with Crippen molar-refractivity contribution in [2.45, 2.75) is 37.5 Å². The number of rotatable bonds is 4. The maximum absolute atomic E-state index is 13.4. The van der Waals surface area contributed by atoms with Crippen molar-refractivity contribution in [3.63, 3.8) is 0 Å². The first kappa shape index (κ1) is 12.9. The average Bonchev–Trinajstić information content (AvgIpc) is 2.34. The molecule has 3 heteroatoms. The third kappa shape index (κ3) is 3.71. The van der Waals surface area contributed by atoms with E-state index in [9.17, 15) is 4.39 Å². The van der Waals surface area contributed by atoms with Crippen LogP contribution in [0.15, 0.2) is 24.3 Å². The molecule has 17 heavy (non-hydrogen) atoms. The van der Waals surface area contributed by atoms with Crippen LogP contribution in [0, 0.1) is 5.82 Å². The molecule has 1 heterocycles. The van der Waals surface area contributed by atoms with Crippen LogP contribution in [0.4, 0.5) is 4.39 Å². The molecule has 1 aromatic rings. The van der Waals surface area contributed by atoms with Gasteiger partial charge in [-0.15, -0.1) is 0 Å². The summed E-state index contributed by atoms with van der Waals surface area (Å²) in [6.07, 6.45) is 3.33. The zero-order chi connectivity index (χ0) is 12.1. The van der Waals surface area contributed by atoms with Gasteiger partial charge in [0.25, 0.3) is 0 Å². The highest BCUT2D eigenvalue weighted by Crippen LogP contribution is 2.24. The van der Waals surface area contributed by atoms with Crippen LogP contribution in [-0.4, -0.2) is 23.6 Å². The molecule has 1 aliphatic heterocycles. The Bertz CT molecular complexity index is 356. The van der Waals surface area contributed by atoms with E-state index in [2.05, 4.69) is 12.2 Å². The minimum Gasteiger partial charge on any atom is -0.313 e.